The van der Waals surface area contributed by atoms with Crippen molar-refractivity contribution >= 4 is 17.8 Å². The van der Waals surface area contributed by atoms with E-state index in [2.05, 4.69) is 15.3 Å². The molecule has 13 heteroatoms. The second-order valence-electron chi connectivity index (χ2n) is 9.82. The van der Waals surface area contributed by atoms with Gasteiger partial charge in [-0.2, -0.15) is 18.2 Å². The van der Waals surface area contributed by atoms with Gasteiger partial charge in [-0.05, 0) is 35.7 Å². The molecule has 1 heterocycles. The summed E-state index contributed by atoms with van der Waals surface area (Å²) in [6.45, 7) is 1.49. The van der Waals surface area contributed by atoms with Crippen molar-refractivity contribution in [2.24, 2.45) is 5.73 Å². The number of carbonyl (C=O) groups is 2. The molecule has 0 bridgehead atoms. The van der Waals surface area contributed by atoms with Crippen molar-refractivity contribution in [2.75, 3.05) is 26.0 Å². The van der Waals surface area contributed by atoms with Crippen molar-refractivity contribution in [2.45, 2.75) is 31.7 Å². The molecule has 10 nitrogen and oxygen atoms in total. The Hall–Kier alpha value is -5.17. The van der Waals surface area contributed by atoms with Gasteiger partial charge in [0.05, 0.1) is 26.0 Å². The molecule has 1 amide bonds. The van der Waals surface area contributed by atoms with Crippen molar-refractivity contribution in [3.05, 3.63) is 90.0 Å². The van der Waals surface area contributed by atoms with Crippen molar-refractivity contribution in [1.29, 1.82) is 0 Å². The first-order chi connectivity index (χ1) is 21.5. The van der Waals surface area contributed by atoms with Gasteiger partial charge >= 0.3 is 12.1 Å². The molecule has 3 aromatic carbocycles. The van der Waals surface area contributed by atoms with Gasteiger partial charge in [0.2, 0.25) is 23.8 Å². The van der Waals surface area contributed by atoms with E-state index in [0.29, 0.717) is 22.4 Å². The van der Waals surface area contributed by atoms with Crippen LogP contribution in [-0.2, 0) is 20.7 Å². The Morgan fingerprint density at radius 3 is 2.24 bits per heavy atom. The summed E-state index contributed by atoms with van der Waals surface area (Å²) in [7, 11) is 1.53. The maximum Gasteiger partial charge on any atom is 0.429 e. The monoisotopic (exact) mass is 623 g/mol. The van der Waals surface area contributed by atoms with Crippen LogP contribution < -0.4 is 26.3 Å². The zero-order valence-corrected chi connectivity index (χ0v) is 24.5. The van der Waals surface area contributed by atoms with Gasteiger partial charge in [0.1, 0.15) is 11.8 Å². The molecule has 0 saturated carbocycles. The first-order valence-electron chi connectivity index (χ1n) is 13.9. The van der Waals surface area contributed by atoms with Crippen LogP contribution in [0.2, 0.25) is 0 Å². The molecule has 0 aliphatic rings. The number of anilines is 1. The number of rotatable bonds is 12. The lowest BCUT2D eigenvalue weighted by Gasteiger charge is -2.22. The third-order valence-corrected chi connectivity index (χ3v) is 6.65. The van der Waals surface area contributed by atoms with Gasteiger partial charge in [-0.3, -0.25) is 4.79 Å². The zero-order valence-electron chi connectivity index (χ0n) is 24.5. The Kier molecular flexibility index (Phi) is 10.6. The van der Waals surface area contributed by atoms with Crippen LogP contribution in [0, 0.1) is 0 Å². The van der Waals surface area contributed by atoms with Crippen molar-refractivity contribution in [1.82, 2.24) is 15.3 Å². The summed E-state index contributed by atoms with van der Waals surface area (Å²) in [6.07, 6.45) is -6.98. The van der Waals surface area contributed by atoms with Crippen LogP contribution in [0.4, 0.5) is 19.1 Å². The highest BCUT2D eigenvalue weighted by atomic mass is 19.4. The molecular formula is C32H32F3N5O5. The predicted molar refractivity (Wildman–Crippen MR) is 161 cm³/mol. The molecule has 1 aromatic heterocycles. The molecule has 4 rings (SSSR count). The number of hydrogen-bond acceptors (Lipinski definition) is 9. The van der Waals surface area contributed by atoms with E-state index in [-0.39, 0.29) is 42.7 Å². The molecule has 45 heavy (non-hydrogen) atoms. The van der Waals surface area contributed by atoms with Gasteiger partial charge in [-0.1, -0.05) is 60.7 Å². The molecule has 2 atom stereocenters. The maximum atomic E-state index is 14.2. The molecular weight excluding hydrogens is 591 g/mol. The van der Waals surface area contributed by atoms with Crippen molar-refractivity contribution in [3.8, 4) is 34.0 Å². The topological polar surface area (TPSA) is 152 Å². The van der Waals surface area contributed by atoms with Crippen LogP contribution in [-0.4, -0.2) is 54.3 Å². The molecule has 5 N–H and O–H groups in total. The number of halogens is 3. The molecule has 0 saturated heterocycles. The lowest BCUT2D eigenvalue weighted by atomic mass is 10.0. The molecule has 0 fully saturated rings. The lowest BCUT2D eigenvalue weighted by molar-refractivity contribution is -0.198. The summed E-state index contributed by atoms with van der Waals surface area (Å²) in [5.41, 5.74) is 13.9. The predicted octanol–water partition coefficient (Wildman–Crippen LogP) is 4.63. The third-order valence-electron chi connectivity index (χ3n) is 6.65. The fraction of sp³-hybridized carbons (Fsp3) is 0.250. The quantitative estimate of drug-likeness (QED) is 0.192. The second-order valence-corrected chi connectivity index (χ2v) is 9.82. The highest BCUT2D eigenvalue weighted by Crippen LogP contribution is 2.38. The standard InChI is InChI=1S/C32H32F3N5O5/c1-3-44-30(42)26(38-27(41)18-36)15-19-7-9-21(10-8-19)25-17-28(40-31(37)39-25)45-29(32(33,34)35)22-13-11-20(12-14-22)23-5-4-6-24(16-23)43-2/h4-14,16-17,26,29H,3,15,18,36H2,1-2H3,(H,38,41)(H2,37,39,40). The van der Waals surface area contributed by atoms with E-state index in [9.17, 15) is 22.8 Å². The summed E-state index contributed by atoms with van der Waals surface area (Å²) in [5.74, 6) is -1.15. The summed E-state index contributed by atoms with van der Waals surface area (Å²) in [6, 6.07) is 20.0. The number of benzene rings is 3. The molecule has 0 radical (unpaired) electrons. The highest BCUT2D eigenvalue weighted by Gasteiger charge is 2.43. The number of alkyl halides is 3. The van der Waals surface area contributed by atoms with Crippen LogP contribution >= 0.6 is 0 Å². The molecule has 0 aliphatic heterocycles. The van der Waals surface area contributed by atoms with E-state index >= 15 is 0 Å². The number of hydrogen-bond donors (Lipinski definition) is 3. The van der Waals surface area contributed by atoms with Crippen LogP contribution in [0.25, 0.3) is 22.4 Å². The second kappa shape index (κ2) is 14.5. The number of nitrogens with zero attached hydrogens (tertiary/aromatic N) is 2. The van der Waals surface area contributed by atoms with Gasteiger partial charge in [0, 0.05) is 23.6 Å². The first-order valence-corrected chi connectivity index (χ1v) is 13.9. The summed E-state index contributed by atoms with van der Waals surface area (Å²) < 4.78 is 58.3. The number of methoxy groups -OCH3 is 1. The zero-order chi connectivity index (χ0) is 32.6. The minimum Gasteiger partial charge on any atom is -0.497 e. The maximum absolute atomic E-state index is 14.2. The fourth-order valence-electron chi connectivity index (χ4n) is 4.49. The van der Waals surface area contributed by atoms with Gasteiger partial charge in [0.25, 0.3) is 0 Å². The highest BCUT2D eigenvalue weighted by molar-refractivity contribution is 5.85. The lowest BCUT2D eigenvalue weighted by Crippen LogP contribution is -2.45. The number of nitrogen functional groups attached to an aromatic ring is 1. The number of ether oxygens (including phenoxy) is 3. The van der Waals surface area contributed by atoms with Gasteiger partial charge in [0.15, 0.2) is 0 Å². The minimum atomic E-state index is -4.77. The van der Waals surface area contributed by atoms with Gasteiger partial charge in [-0.25, -0.2) is 9.78 Å². The molecule has 0 spiro atoms. The molecule has 2 unspecified atom stereocenters. The summed E-state index contributed by atoms with van der Waals surface area (Å²) in [5, 5.41) is 2.53. The average Bonchev–Trinajstić information content (AvgIpc) is 3.03. The Labute approximate surface area is 257 Å². The Morgan fingerprint density at radius 2 is 1.62 bits per heavy atom. The number of nitrogens with two attached hydrogens (primary N) is 2. The normalized spacial score (nSPS) is 12.6. The summed E-state index contributed by atoms with van der Waals surface area (Å²) in [4.78, 5) is 32.1. The number of amides is 1. The Morgan fingerprint density at radius 1 is 0.933 bits per heavy atom. The van der Waals surface area contributed by atoms with E-state index in [1.165, 1.54) is 25.3 Å². The first kappa shape index (κ1) is 32.7. The van der Waals surface area contributed by atoms with E-state index in [1.54, 1.807) is 61.5 Å². The van der Waals surface area contributed by atoms with Crippen molar-refractivity contribution in [3.63, 3.8) is 0 Å². The van der Waals surface area contributed by atoms with Gasteiger partial charge in [-0.15, -0.1) is 0 Å². The average molecular weight is 624 g/mol. The van der Waals surface area contributed by atoms with E-state index in [0.717, 1.165) is 5.56 Å². The van der Waals surface area contributed by atoms with E-state index < -0.39 is 30.2 Å². The van der Waals surface area contributed by atoms with Crippen LogP contribution in [0.3, 0.4) is 0 Å². The Bertz CT molecular complexity index is 1620. The number of esters is 1. The fourth-order valence-corrected chi connectivity index (χ4v) is 4.49. The van der Waals surface area contributed by atoms with Crippen molar-refractivity contribution < 1.29 is 37.0 Å². The van der Waals surface area contributed by atoms with E-state index in [1.807, 2.05) is 6.07 Å². The molecule has 0 aliphatic carbocycles. The van der Waals surface area contributed by atoms with Crippen LogP contribution in [0.15, 0.2) is 78.9 Å². The largest absolute Gasteiger partial charge is 0.497 e. The van der Waals surface area contributed by atoms with E-state index in [4.69, 9.17) is 25.7 Å². The molecule has 236 valence electrons. The number of aromatic nitrogens is 2. The van der Waals surface area contributed by atoms with Crippen LogP contribution in [0.5, 0.6) is 11.6 Å². The smallest absolute Gasteiger partial charge is 0.429 e. The minimum absolute atomic E-state index is 0.120. The van der Waals surface area contributed by atoms with Gasteiger partial charge < -0.3 is 31.0 Å². The SMILES string of the molecule is CCOC(=O)C(Cc1ccc(-c2cc(OC(c3ccc(-c4cccc(OC)c4)cc3)C(F)(F)F)nc(N)n2)cc1)NC(=O)CN. The Balaban J connectivity index is 1.55. The number of carbonyl (C=O) groups excluding carboxylic acids is 2. The number of nitrogens with one attached hydrogen (secondary N) is 1. The van der Waals surface area contributed by atoms with Crippen LogP contribution in [0.1, 0.15) is 24.2 Å². The summed E-state index contributed by atoms with van der Waals surface area (Å²) >= 11 is 0. The molecule has 4 aromatic rings. The third kappa shape index (κ3) is 8.70.